The SMILES string of the molecule is CC(C)(C)Cc1c(NCC(=O)NO)[nH]c2cc(=O)c3ccccc3n12. The maximum Gasteiger partial charge on any atom is 0.262 e. The molecule has 1 amide bonds. The maximum absolute atomic E-state index is 12.4. The summed E-state index contributed by atoms with van der Waals surface area (Å²) >= 11 is 0. The van der Waals surface area contributed by atoms with Crippen molar-refractivity contribution >= 4 is 28.3 Å². The molecule has 0 saturated heterocycles. The molecule has 0 aliphatic carbocycles. The number of hydroxylamine groups is 1. The Morgan fingerprint density at radius 2 is 2.00 bits per heavy atom. The number of carbonyl (C=O) groups excluding carboxylic acids is 1. The van der Waals surface area contributed by atoms with Gasteiger partial charge in [0.05, 0.1) is 17.8 Å². The third-order valence-corrected chi connectivity index (χ3v) is 3.98. The van der Waals surface area contributed by atoms with Crippen LogP contribution in [-0.2, 0) is 11.2 Å². The average Bonchev–Trinajstić information content (AvgIpc) is 2.88. The van der Waals surface area contributed by atoms with Gasteiger partial charge in [-0.05, 0) is 24.0 Å². The number of hydrogen-bond donors (Lipinski definition) is 4. The molecule has 0 spiro atoms. The van der Waals surface area contributed by atoms with E-state index in [0.29, 0.717) is 16.9 Å². The molecule has 0 aliphatic heterocycles. The van der Waals surface area contributed by atoms with Crippen molar-refractivity contribution in [3.8, 4) is 0 Å². The number of amides is 1. The lowest BCUT2D eigenvalue weighted by Gasteiger charge is -2.19. The minimum Gasteiger partial charge on any atom is -0.361 e. The Morgan fingerprint density at radius 1 is 1.28 bits per heavy atom. The number of carbonyl (C=O) groups is 1. The van der Waals surface area contributed by atoms with Gasteiger partial charge in [0, 0.05) is 11.5 Å². The minimum absolute atomic E-state index is 0.00493. The zero-order valence-electron chi connectivity index (χ0n) is 14.5. The fourth-order valence-electron chi connectivity index (χ4n) is 2.99. The van der Waals surface area contributed by atoms with Crippen molar-refractivity contribution < 1.29 is 10.0 Å². The number of pyridine rings is 1. The van der Waals surface area contributed by atoms with Gasteiger partial charge in [-0.15, -0.1) is 0 Å². The normalized spacial score (nSPS) is 11.8. The summed E-state index contributed by atoms with van der Waals surface area (Å²) in [6, 6.07) is 9.02. The first-order valence-corrected chi connectivity index (χ1v) is 8.12. The van der Waals surface area contributed by atoms with E-state index in [1.165, 1.54) is 0 Å². The molecule has 25 heavy (non-hydrogen) atoms. The second-order valence-electron chi connectivity index (χ2n) is 7.32. The Bertz CT molecular complexity index is 995. The van der Waals surface area contributed by atoms with E-state index in [-0.39, 0.29) is 17.4 Å². The number of fused-ring (bicyclic) bond motifs is 3. The third-order valence-electron chi connectivity index (χ3n) is 3.98. The zero-order chi connectivity index (χ0) is 18.2. The van der Waals surface area contributed by atoms with Crippen molar-refractivity contribution in [1.82, 2.24) is 14.9 Å². The van der Waals surface area contributed by atoms with Crippen molar-refractivity contribution in [3.63, 3.8) is 0 Å². The van der Waals surface area contributed by atoms with Gasteiger partial charge in [0.2, 0.25) is 0 Å². The predicted octanol–water partition coefficient (Wildman–Crippen LogP) is 2.29. The molecule has 1 aromatic carbocycles. The summed E-state index contributed by atoms with van der Waals surface area (Å²) in [4.78, 5) is 26.9. The van der Waals surface area contributed by atoms with Crippen molar-refractivity contribution in [2.45, 2.75) is 27.2 Å². The molecule has 7 heteroatoms. The maximum atomic E-state index is 12.4. The molecule has 0 atom stereocenters. The fourth-order valence-corrected chi connectivity index (χ4v) is 2.99. The van der Waals surface area contributed by atoms with Crippen LogP contribution in [0.15, 0.2) is 35.1 Å². The average molecular weight is 342 g/mol. The summed E-state index contributed by atoms with van der Waals surface area (Å²) in [5.41, 5.74) is 3.97. The van der Waals surface area contributed by atoms with Crippen LogP contribution in [0, 0.1) is 5.41 Å². The van der Waals surface area contributed by atoms with Gasteiger partial charge in [-0.1, -0.05) is 32.9 Å². The Balaban J connectivity index is 2.25. The van der Waals surface area contributed by atoms with E-state index in [1.54, 1.807) is 11.5 Å². The number of H-pyrrole nitrogens is 1. The van der Waals surface area contributed by atoms with E-state index >= 15 is 0 Å². The first kappa shape index (κ1) is 17.0. The molecule has 3 rings (SSSR count). The number of nitrogens with zero attached hydrogens (tertiary/aromatic N) is 1. The zero-order valence-corrected chi connectivity index (χ0v) is 14.5. The molecule has 0 radical (unpaired) electrons. The second kappa shape index (κ2) is 6.25. The molecule has 0 fully saturated rings. The number of benzene rings is 1. The number of anilines is 1. The van der Waals surface area contributed by atoms with Crippen LogP contribution < -0.4 is 16.2 Å². The van der Waals surface area contributed by atoms with Gasteiger partial charge < -0.3 is 10.3 Å². The number of rotatable bonds is 4. The lowest BCUT2D eigenvalue weighted by molar-refractivity contribution is -0.127. The van der Waals surface area contributed by atoms with Crippen LogP contribution in [0.4, 0.5) is 5.82 Å². The number of aromatic amines is 1. The highest BCUT2D eigenvalue weighted by Crippen LogP contribution is 2.28. The summed E-state index contributed by atoms with van der Waals surface area (Å²) < 4.78 is 2.02. The lowest BCUT2D eigenvalue weighted by Crippen LogP contribution is -2.27. The molecule has 7 nitrogen and oxygen atoms in total. The first-order chi connectivity index (χ1) is 11.8. The number of nitrogens with one attached hydrogen (secondary N) is 3. The van der Waals surface area contributed by atoms with E-state index in [1.807, 2.05) is 28.7 Å². The highest BCUT2D eigenvalue weighted by Gasteiger charge is 2.21. The highest BCUT2D eigenvalue weighted by atomic mass is 16.5. The van der Waals surface area contributed by atoms with E-state index in [0.717, 1.165) is 17.6 Å². The summed E-state index contributed by atoms with van der Waals surface area (Å²) in [5.74, 6) is 0.119. The largest absolute Gasteiger partial charge is 0.361 e. The van der Waals surface area contributed by atoms with Crippen molar-refractivity contribution in [1.29, 1.82) is 0 Å². The number of para-hydroxylation sites is 1. The lowest BCUT2D eigenvalue weighted by atomic mass is 9.90. The van der Waals surface area contributed by atoms with Crippen LogP contribution in [-0.4, -0.2) is 27.0 Å². The topological polar surface area (TPSA) is 98.6 Å². The second-order valence-corrected chi connectivity index (χ2v) is 7.32. The number of imidazole rings is 1. The first-order valence-electron chi connectivity index (χ1n) is 8.12. The van der Waals surface area contributed by atoms with Crippen LogP contribution in [0.25, 0.3) is 16.6 Å². The Labute approximate surface area is 144 Å². The van der Waals surface area contributed by atoms with Gasteiger partial charge in [0.1, 0.15) is 11.5 Å². The molecule has 2 aromatic heterocycles. The molecule has 4 N–H and O–H groups in total. The van der Waals surface area contributed by atoms with Gasteiger partial charge in [-0.25, -0.2) is 5.48 Å². The van der Waals surface area contributed by atoms with Gasteiger partial charge in [-0.3, -0.25) is 19.2 Å². The van der Waals surface area contributed by atoms with Crippen LogP contribution in [0.1, 0.15) is 26.5 Å². The summed E-state index contributed by atoms with van der Waals surface area (Å²) in [6.45, 7) is 6.30. The summed E-state index contributed by atoms with van der Waals surface area (Å²) in [5, 5.41) is 12.3. The van der Waals surface area contributed by atoms with Crippen molar-refractivity contribution in [2.24, 2.45) is 5.41 Å². The number of hydrogen-bond acceptors (Lipinski definition) is 4. The molecule has 0 unspecified atom stereocenters. The molecule has 0 bridgehead atoms. The Hall–Kier alpha value is -2.80. The van der Waals surface area contributed by atoms with Crippen LogP contribution in [0.3, 0.4) is 0 Å². The van der Waals surface area contributed by atoms with Crippen molar-refractivity contribution in [2.75, 3.05) is 11.9 Å². The smallest absolute Gasteiger partial charge is 0.262 e. The molecular formula is C18H22N4O3. The van der Waals surface area contributed by atoms with Crippen molar-refractivity contribution in [3.05, 3.63) is 46.2 Å². The van der Waals surface area contributed by atoms with Crippen LogP contribution in [0.2, 0.25) is 0 Å². The quantitative estimate of drug-likeness (QED) is 0.432. The molecular weight excluding hydrogens is 320 g/mol. The van der Waals surface area contributed by atoms with Gasteiger partial charge >= 0.3 is 0 Å². The van der Waals surface area contributed by atoms with E-state index < -0.39 is 5.91 Å². The third kappa shape index (κ3) is 3.36. The van der Waals surface area contributed by atoms with E-state index in [4.69, 9.17) is 5.21 Å². The highest BCUT2D eigenvalue weighted by molar-refractivity contribution is 5.84. The van der Waals surface area contributed by atoms with Gasteiger partial charge in [-0.2, -0.15) is 0 Å². The monoisotopic (exact) mass is 342 g/mol. The summed E-state index contributed by atoms with van der Waals surface area (Å²) in [6.07, 6.45) is 0.725. The molecule has 0 saturated carbocycles. The van der Waals surface area contributed by atoms with E-state index in [9.17, 15) is 9.59 Å². The van der Waals surface area contributed by atoms with Gasteiger partial charge in [0.15, 0.2) is 5.43 Å². The van der Waals surface area contributed by atoms with Gasteiger partial charge in [0.25, 0.3) is 5.91 Å². The molecule has 3 aromatic rings. The molecule has 132 valence electrons. The summed E-state index contributed by atoms with van der Waals surface area (Å²) in [7, 11) is 0. The Kier molecular flexibility index (Phi) is 4.26. The van der Waals surface area contributed by atoms with Crippen LogP contribution in [0.5, 0.6) is 0 Å². The molecule has 2 heterocycles. The van der Waals surface area contributed by atoms with E-state index in [2.05, 4.69) is 31.1 Å². The fraction of sp³-hybridized carbons (Fsp3) is 0.333. The number of aromatic nitrogens is 2. The predicted molar refractivity (Wildman–Crippen MR) is 97.1 cm³/mol. The van der Waals surface area contributed by atoms with Crippen LogP contribution >= 0.6 is 0 Å². The standard InChI is InChI=1S/C18H22N4O3/c1-18(2,3)9-13-17(19-10-16(24)21-25)20-15-8-14(23)11-6-4-5-7-12(11)22(13)15/h4-8,19-20,25H,9-10H2,1-3H3,(H,21,24). The minimum atomic E-state index is -0.542. The molecule has 0 aliphatic rings. The Morgan fingerprint density at radius 3 is 2.68 bits per heavy atom.